The molecular formula is C21H26N4O. The minimum atomic E-state index is -0.0360. The van der Waals surface area contributed by atoms with Crippen LogP contribution in [0, 0.1) is 19.8 Å². The molecular weight excluding hydrogens is 324 g/mol. The van der Waals surface area contributed by atoms with Crippen LogP contribution in [0.3, 0.4) is 0 Å². The van der Waals surface area contributed by atoms with Crippen molar-refractivity contribution in [3.8, 4) is 0 Å². The third-order valence-corrected chi connectivity index (χ3v) is 4.46. The van der Waals surface area contributed by atoms with Gasteiger partial charge in [-0.1, -0.05) is 37.3 Å². The third kappa shape index (κ3) is 4.42. The zero-order valence-corrected chi connectivity index (χ0v) is 15.6. The van der Waals surface area contributed by atoms with Crippen molar-refractivity contribution in [3.63, 3.8) is 0 Å². The number of carbonyl (C=O) groups excluding carboxylic acids is 1. The molecule has 0 aliphatic heterocycles. The Balaban J connectivity index is 1.57. The van der Waals surface area contributed by atoms with Crippen LogP contribution < -0.4 is 5.32 Å². The molecule has 26 heavy (non-hydrogen) atoms. The van der Waals surface area contributed by atoms with Gasteiger partial charge in [0.25, 0.3) is 5.91 Å². The molecule has 136 valence electrons. The molecule has 0 saturated carbocycles. The van der Waals surface area contributed by atoms with Crippen molar-refractivity contribution in [2.75, 3.05) is 6.54 Å². The molecule has 1 amide bonds. The van der Waals surface area contributed by atoms with Gasteiger partial charge < -0.3 is 9.88 Å². The first-order valence-electron chi connectivity index (χ1n) is 9.01. The van der Waals surface area contributed by atoms with E-state index in [1.165, 1.54) is 5.56 Å². The van der Waals surface area contributed by atoms with E-state index in [0.717, 1.165) is 17.9 Å². The summed E-state index contributed by atoms with van der Waals surface area (Å²) in [6.07, 6.45) is 1.95. The summed E-state index contributed by atoms with van der Waals surface area (Å²) in [7, 11) is 0. The number of nitrogens with one attached hydrogen (secondary N) is 1. The molecule has 0 saturated heterocycles. The van der Waals surface area contributed by atoms with Crippen molar-refractivity contribution >= 4 is 5.91 Å². The van der Waals surface area contributed by atoms with Crippen LogP contribution in [0.15, 0.2) is 54.7 Å². The van der Waals surface area contributed by atoms with Crippen LogP contribution in [-0.4, -0.2) is 26.8 Å². The summed E-state index contributed by atoms with van der Waals surface area (Å²) in [4.78, 5) is 12.6. The lowest BCUT2D eigenvalue weighted by Crippen LogP contribution is -2.31. The lowest BCUT2D eigenvalue weighted by molar-refractivity contribution is 0.0937. The number of benzene rings is 1. The van der Waals surface area contributed by atoms with Crippen molar-refractivity contribution < 1.29 is 4.79 Å². The van der Waals surface area contributed by atoms with Crippen LogP contribution in [0.5, 0.6) is 0 Å². The van der Waals surface area contributed by atoms with Gasteiger partial charge in [0.05, 0.1) is 5.69 Å². The van der Waals surface area contributed by atoms with Gasteiger partial charge in [-0.25, -0.2) is 0 Å². The smallest absolute Gasteiger partial charge is 0.267 e. The lowest BCUT2D eigenvalue weighted by Gasteiger charge is -2.15. The highest BCUT2D eigenvalue weighted by atomic mass is 16.1. The van der Waals surface area contributed by atoms with E-state index >= 15 is 0 Å². The number of carbonyl (C=O) groups is 1. The van der Waals surface area contributed by atoms with E-state index in [-0.39, 0.29) is 5.91 Å². The molecule has 0 aliphatic rings. The normalized spacial score (nSPS) is 12.1. The Hall–Kier alpha value is -2.82. The second kappa shape index (κ2) is 8.04. The molecule has 1 atom stereocenters. The van der Waals surface area contributed by atoms with Gasteiger partial charge >= 0.3 is 0 Å². The number of hydrogen-bond donors (Lipinski definition) is 1. The molecule has 3 aromatic rings. The molecule has 2 heterocycles. The summed E-state index contributed by atoms with van der Waals surface area (Å²) in [5.41, 5.74) is 4.04. The first-order chi connectivity index (χ1) is 12.5. The fraction of sp³-hybridized carbons (Fsp3) is 0.333. The molecule has 1 unspecified atom stereocenters. The Morgan fingerprint density at radius 1 is 1.15 bits per heavy atom. The van der Waals surface area contributed by atoms with E-state index in [9.17, 15) is 4.79 Å². The average Bonchev–Trinajstić information content (AvgIpc) is 3.20. The van der Waals surface area contributed by atoms with E-state index in [1.807, 2.05) is 52.7 Å². The fourth-order valence-electron chi connectivity index (χ4n) is 3.12. The standard InChI is InChI=1S/C21H26N4O/c1-16(14-25-18(3)12-17(2)23-25)13-22-21(26)20-10-7-11-24(20)15-19-8-5-4-6-9-19/h4-12,16H,13-15H2,1-3H3,(H,22,26). The first kappa shape index (κ1) is 18.0. The molecule has 0 aliphatic carbocycles. The van der Waals surface area contributed by atoms with Crippen LogP contribution in [0.2, 0.25) is 0 Å². The molecule has 0 radical (unpaired) electrons. The quantitative estimate of drug-likeness (QED) is 0.710. The van der Waals surface area contributed by atoms with Gasteiger partial charge in [-0.2, -0.15) is 5.10 Å². The maximum atomic E-state index is 12.6. The molecule has 0 bridgehead atoms. The average molecular weight is 350 g/mol. The van der Waals surface area contributed by atoms with E-state index in [1.54, 1.807) is 0 Å². The topological polar surface area (TPSA) is 51.9 Å². The monoisotopic (exact) mass is 350 g/mol. The SMILES string of the molecule is Cc1cc(C)n(CC(C)CNC(=O)c2cccn2Cc2ccccc2)n1. The molecule has 1 aromatic carbocycles. The summed E-state index contributed by atoms with van der Waals surface area (Å²) >= 11 is 0. The molecule has 0 spiro atoms. The minimum Gasteiger partial charge on any atom is -0.350 e. The Morgan fingerprint density at radius 3 is 2.62 bits per heavy atom. The van der Waals surface area contributed by atoms with Gasteiger partial charge in [-0.3, -0.25) is 9.48 Å². The molecule has 1 N–H and O–H groups in total. The van der Waals surface area contributed by atoms with Gasteiger partial charge in [0.15, 0.2) is 0 Å². The summed E-state index contributed by atoms with van der Waals surface area (Å²) < 4.78 is 3.99. The van der Waals surface area contributed by atoms with Crippen LogP contribution in [0.25, 0.3) is 0 Å². The number of rotatable bonds is 7. The Morgan fingerprint density at radius 2 is 1.92 bits per heavy atom. The van der Waals surface area contributed by atoms with Crippen molar-refractivity contribution in [3.05, 3.63) is 77.4 Å². The van der Waals surface area contributed by atoms with Crippen molar-refractivity contribution in [2.45, 2.75) is 33.9 Å². The number of hydrogen-bond acceptors (Lipinski definition) is 2. The van der Waals surface area contributed by atoms with Gasteiger partial charge in [-0.05, 0) is 43.5 Å². The predicted octanol–water partition coefficient (Wildman–Crippen LogP) is 3.42. The zero-order chi connectivity index (χ0) is 18.5. The van der Waals surface area contributed by atoms with Gasteiger partial charge in [0.1, 0.15) is 5.69 Å². The van der Waals surface area contributed by atoms with Gasteiger partial charge in [-0.15, -0.1) is 0 Å². The second-order valence-electron chi connectivity index (χ2n) is 6.93. The van der Waals surface area contributed by atoms with Crippen LogP contribution in [0.4, 0.5) is 0 Å². The summed E-state index contributed by atoms with van der Waals surface area (Å²) in [5, 5.41) is 7.54. The molecule has 3 rings (SSSR count). The minimum absolute atomic E-state index is 0.0360. The fourth-order valence-corrected chi connectivity index (χ4v) is 3.12. The van der Waals surface area contributed by atoms with E-state index in [2.05, 4.69) is 42.5 Å². The van der Waals surface area contributed by atoms with Crippen LogP contribution >= 0.6 is 0 Å². The van der Waals surface area contributed by atoms with Crippen molar-refractivity contribution in [2.24, 2.45) is 5.92 Å². The highest BCUT2D eigenvalue weighted by molar-refractivity contribution is 5.92. The Labute approximate surface area is 154 Å². The first-order valence-corrected chi connectivity index (χ1v) is 9.01. The van der Waals surface area contributed by atoms with Crippen molar-refractivity contribution in [1.29, 1.82) is 0 Å². The number of nitrogens with zero attached hydrogens (tertiary/aromatic N) is 3. The highest BCUT2D eigenvalue weighted by Gasteiger charge is 2.13. The lowest BCUT2D eigenvalue weighted by atomic mass is 10.2. The highest BCUT2D eigenvalue weighted by Crippen LogP contribution is 2.09. The number of aryl methyl sites for hydroxylation is 2. The predicted molar refractivity (Wildman–Crippen MR) is 103 cm³/mol. The van der Waals surface area contributed by atoms with Gasteiger partial charge in [0, 0.05) is 31.5 Å². The summed E-state index contributed by atoms with van der Waals surface area (Å²) in [6, 6.07) is 16.0. The molecule has 5 heteroatoms. The van der Waals surface area contributed by atoms with E-state index in [0.29, 0.717) is 24.7 Å². The van der Waals surface area contributed by atoms with Crippen LogP contribution in [0.1, 0.15) is 34.4 Å². The second-order valence-corrected chi connectivity index (χ2v) is 6.93. The summed E-state index contributed by atoms with van der Waals surface area (Å²) in [6.45, 7) is 8.29. The van der Waals surface area contributed by atoms with Crippen LogP contribution in [-0.2, 0) is 13.1 Å². The Bertz CT molecular complexity index is 863. The number of amides is 1. The largest absolute Gasteiger partial charge is 0.350 e. The van der Waals surface area contributed by atoms with Crippen molar-refractivity contribution in [1.82, 2.24) is 19.7 Å². The maximum absolute atomic E-state index is 12.6. The third-order valence-electron chi connectivity index (χ3n) is 4.46. The molecule has 2 aromatic heterocycles. The molecule has 5 nitrogen and oxygen atoms in total. The molecule has 0 fully saturated rings. The van der Waals surface area contributed by atoms with E-state index in [4.69, 9.17) is 0 Å². The summed E-state index contributed by atoms with van der Waals surface area (Å²) in [5.74, 6) is 0.264. The maximum Gasteiger partial charge on any atom is 0.267 e. The Kier molecular flexibility index (Phi) is 5.56. The number of aromatic nitrogens is 3. The zero-order valence-electron chi connectivity index (χ0n) is 15.6. The van der Waals surface area contributed by atoms with Gasteiger partial charge in [0.2, 0.25) is 0 Å². The van der Waals surface area contributed by atoms with E-state index < -0.39 is 0 Å².